The van der Waals surface area contributed by atoms with Crippen LogP contribution in [-0.2, 0) is 4.79 Å². The molecule has 1 saturated heterocycles. The average Bonchev–Trinajstić information content (AvgIpc) is 3.83. The average molecular weight is 792 g/mol. The van der Waals surface area contributed by atoms with E-state index in [1.54, 1.807) is 17.7 Å². The number of amides is 2. The highest BCUT2D eigenvalue weighted by Crippen LogP contribution is 2.32. The van der Waals surface area contributed by atoms with Crippen molar-refractivity contribution in [2.24, 2.45) is 0 Å². The van der Waals surface area contributed by atoms with E-state index in [-0.39, 0.29) is 34.8 Å². The number of hydrogen-bond acceptors (Lipinski definition) is 13. The minimum absolute atomic E-state index is 0.00211. The van der Waals surface area contributed by atoms with E-state index in [0.29, 0.717) is 58.7 Å². The third-order valence-corrected chi connectivity index (χ3v) is 11.8. The number of aromatic nitrogens is 5. The molecule has 16 heteroatoms. The molecule has 4 N–H and O–H groups in total. The lowest BCUT2D eigenvalue weighted by Crippen LogP contribution is -2.49. The van der Waals surface area contributed by atoms with Crippen molar-refractivity contribution in [3.8, 4) is 0 Å². The third kappa shape index (κ3) is 8.97. The molecule has 4 aromatic heterocycles. The zero-order valence-corrected chi connectivity index (χ0v) is 33.9. The molecule has 0 atom stereocenters. The number of rotatable bonds is 13. The molecule has 0 spiro atoms. The van der Waals surface area contributed by atoms with Crippen molar-refractivity contribution in [3.05, 3.63) is 85.9 Å². The standard InChI is InChI=1S/C41H49N11O4S/c1-24-10-11-29(20-32(24)38(55)49-41-46-26(3)28(5)57-41)42-14-15-43-35(54)23-50-16-18-51(19-17-50)31-12-13-34(44-21-31)47-40-45-22-33-25(2)36(27(4)53)39(56)52(37(33)48-40)30-8-6-7-9-30/h10-13,20-22,30,42H,6-9,14-19,23H2,1-5H3,(H,43,54)(H,46,49,55)(H,44,45,47,48). The van der Waals surface area contributed by atoms with Crippen LogP contribution in [0.4, 0.5) is 28.3 Å². The monoisotopic (exact) mass is 791 g/mol. The minimum atomic E-state index is -0.282. The van der Waals surface area contributed by atoms with E-state index in [9.17, 15) is 19.2 Å². The molecule has 2 aliphatic rings. The first-order valence-corrected chi connectivity index (χ1v) is 20.3. The van der Waals surface area contributed by atoms with E-state index >= 15 is 0 Å². The summed E-state index contributed by atoms with van der Waals surface area (Å²) in [4.78, 5) is 75.5. The van der Waals surface area contributed by atoms with Gasteiger partial charge in [-0.1, -0.05) is 18.9 Å². The molecule has 57 heavy (non-hydrogen) atoms. The Bertz CT molecular complexity index is 2340. The van der Waals surface area contributed by atoms with Crippen LogP contribution in [0.1, 0.15) is 81.1 Å². The lowest BCUT2D eigenvalue weighted by atomic mass is 10.0. The zero-order valence-electron chi connectivity index (χ0n) is 33.1. The molecule has 15 nitrogen and oxygen atoms in total. The van der Waals surface area contributed by atoms with Gasteiger partial charge in [0.15, 0.2) is 10.9 Å². The van der Waals surface area contributed by atoms with Gasteiger partial charge in [0.25, 0.3) is 11.5 Å². The highest BCUT2D eigenvalue weighted by atomic mass is 32.1. The van der Waals surface area contributed by atoms with Crippen molar-refractivity contribution in [2.75, 3.05) is 66.7 Å². The largest absolute Gasteiger partial charge is 0.383 e. The summed E-state index contributed by atoms with van der Waals surface area (Å²) in [7, 11) is 0. The summed E-state index contributed by atoms with van der Waals surface area (Å²) in [6.07, 6.45) is 7.31. The zero-order chi connectivity index (χ0) is 40.2. The quantitative estimate of drug-likeness (QED) is 0.0866. The van der Waals surface area contributed by atoms with Crippen LogP contribution in [-0.4, -0.2) is 92.8 Å². The predicted molar refractivity (Wildman–Crippen MR) is 224 cm³/mol. The van der Waals surface area contributed by atoms with Crippen molar-refractivity contribution in [1.29, 1.82) is 0 Å². The van der Waals surface area contributed by atoms with Crippen molar-refractivity contribution in [1.82, 2.24) is 34.7 Å². The number of benzene rings is 1. The van der Waals surface area contributed by atoms with Gasteiger partial charge in [0.05, 0.1) is 29.7 Å². The first-order valence-electron chi connectivity index (χ1n) is 19.4. The molecule has 5 aromatic rings. The SMILES string of the molecule is CC(=O)c1c(C)c2cnc(Nc3ccc(N4CCN(CC(=O)NCCNc5ccc(C)c(C(=O)Nc6nc(C)c(C)s6)c5)CC4)cn3)nc2n(C2CCCC2)c1=O. The summed E-state index contributed by atoms with van der Waals surface area (Å²) in [6.45, 7) is 13.3. The van der Waals surface area contributed by atoms with Gasteiger partial charge in [-0.3, -0.25) is 34.0 Å². The van der Waals surface area contributed by atoms with E-state index in [2.05, 4.69) is 46.0 Å². The Labute approximate surface area is 335 Å². The number of pyridine rings is 2. The van der Waals surface area contributed by atoms with Crippen molar-refractivity contribution in [2.45, 2.75) is 66.3 Å². The molecule has 298 valence electrons. The fraction of sp³-hybridized carbons (Fsp3) is 0.415. The van der Waals surface area contributed by atoms with E-state index < -0.39 is 0 Å². The second-order valence-electron chi connectivity index (χ2n) is 14.8. The van der Waals surface area contributed by atoms with Crippen LogP contribution in [0.2, 0.25) is 0 Å². The number of fused-ring (bicyclic) bond motifs is 1. The summed E-state index contributed by atoms with van der Waals surface area (Å²) in [5.74, 6) is 0.409. The minimum Gasteiger partial charge on any atom is -0.383 e. The molecule has 0 radical (unpaired) electrons. The number of aryl methyl sites for hydroxylation is 4. The van der Waals surface area contributed by atoms with Crippen molar-refractivity contribution in [3.63, 3.8) is 0 Å². The first-order chi connectivity index (χ1) is 27.4. The van der Waals surface area contributed by atoms with Crippen LogP contribution in [0.3, 0.4) is 0 Å². The molecule has 1 aliphatic heterocycles. The first kappa shape index (κ1) is 39.5. The topological polar surface area (TPSA) is 179 Å². The normalized spacial score (nSPS) is 14.9. The van der Waals surface area contributed by atoms with Crippen LogP contribution < -0.4 is 31.7 Å². The Kier molecular flexibility index (Phi) is 11.9. The smallest absolute Gasteiger partial charge is 0.263 e. The Balaban J connectivity index is 0.872. The molecule has 1 aromatic carbocycles. The molecule has 1 aliphatic carbocycles. The number of anilines is 5. The van der Waals surface area contributed by atoms with Gasteiger partial charge in [-0.05, 0) is 82.9 Å². The second kappa shape index (κ2) is 17.2. The summed E-state index contributed by atoms with van der Waals surface area (Å²) >= 11 is 1.46. The van der Waals surface area contributed by atoms with Crippen molar-refractivity contribution >= 4 is 68.2 Å². The van der Waals surface area contributed by atoms with E-state index in [1.165, 1.54) is 18.3 Å². The van der Waals surface area contributed by atoms with Gasteiger partial charge in [0.2, 0.25) is 11.9 Å². The van der Waals surface area contributed by atoms with Crippen LogP contribution in [0.15, 0.2) is 47.5 Å². The number of carbonyl (C=O) groups excluding carboxylic acids is 3. The molecule has 0 bridgehead atoms. The van der Waals surface area contributed by atoms with Gasteiger partial charge in [-0.25, -0.2) is 15.0 Å². The number of carbonyl (C=O) groups is 3. The Hall–Kier alpha value is -5.74. The van der Waals surface area contributed by atoms with Crippen LogP contribution >= 0.6 is 11.3 Å². The molecule has 2 amide bonds. The number of ketones is 1. The Morgan fingerprint density at radius 3 is 2.37 bits per heavy atom. The number of piperazine rings is 1. The summed E-state index contributed by atoms with van der Waals surface area (Å²) < 4.78 is 1.70. The summed E-state index contributed by atoms with van der Waals surface area (Å²) in [5, 5.41) is 13.7. The highest BCUT2D eigenvalue weighted by molar-refractivity contribution is 7.15. The van der Waals surface area contributed by atoms with E-state index in [4.69, 9.17) is 4.98 Å². The van der Waals surface area contributed by atoms with Gasteiger partial charge in [0, 0.05) is 73.0 Å². The maximum Gasteiger partial charge on any atom is 0.263 e. The van der Waals surface area contributed by atoms with E-state index in [1.807, 2.05) is 57.3 Å². The number of nitrogens with one attached hydrogen (secondary N) is 4. The maximum absolute atomic E-state index is 13.5. The number of nitrogens with zero attached hydrogens (tertiary/aromatic N) is 7. The number of Topliss-reactive ketones (excluding diaryl/α,β-unsaturated/α-hetero) is 1. The lowest BCUT2D eigenvalue weighted by molar-refractivity contribution is -0.122. The van der Waals surface area contributed by atoms with Gasteiger partial charge in [-0.15, -0.1) is 11.3 Å². The van der Waals surface area contributed by atoms with Gasteiger partial charge in [-0.2, -0.15) is 4.98 Å². The lowest BCUT2D eigenvalue weighted by Gasteiger charge is -2.35. The Morgan fingerprint density at radius 2 is 1.68 bits per heavy atom. The van der Waals surface area contributed by atoms with Crippen LogP contribution in [0.5, 0.6) is 0 Å². The molecular formula is C41H49N11O4S. The second-order valence-corrected chi connectivity index (χ2v) is 16.0. The highest BCUT2D eigenvalue weighted by Gasteiger charge is 2.26. The van der Waals surface area contributed by atoms with Crippen LogP contribution in [0, 0.1) is 27.7 Å². The molecule has 1 saturated carbocycles. The fourth-order valence-corrected chi connectivity index (χ4v) is 8.38. The van der Waals surface area contributed by atoms with Crippen molar-refractivity contribution < 1.29 is 14.4 Å². The van der Waals surface area contributed by atoms with Gasteiger partial charge >= 0.3 is 0 Å². The van der Waals surface area contributed by atoms with Crippen LogP contribution in [0.25, 0.3) is 11.0 Å². The molecule has 2 fully saturated rings. The summed E-state index contributed by atoms with van der Waals surface area (Å²) in [6, 6.07) is 9.52. The van der Waals surface area contributed by atoms with E-state index in [0.717, 1.165) is 79.4 Å². The Morgan fingerprint density at radius 1 is 0.912 bits per heavy atom. The summed E-state index contributed by atoms with van der Waals surface area (Å²) in [5.41, 5.74) is 5.18. The number of thiazole rings is 1. The third-order valence-electron chi connectivity index (χ3n) is 10.9. The molecular weight excluding hydrogens is 743 g/mol. The predicted octanol–water partition coefficient (Wildman–Crippen LogP) is 5.54. The maximum atomic E-state index is 13.5. The fourth-order valence-electron chi connectivity index (χ4n) is 7.57. The van der Waals surface area contributed by atoms with Gasteiger partial charge < -0.3 is 20.9 Å². The molecule has 7 rings (SSSR count). The van der Waals surface area contributed by atoms with Gasteiger partial charge in [0.1, 0.15) is 11.5 Å². The number of hydrogen-bond donors (Lipinski definition) is 4. The molecule has 5 heterocycles. The molecule has 0 unspecified atom stereocenters.